The molecule has 1 nitrogen and oxygen atoms in total. The van der Waals surface area contributed by atoms with E-state index in [-0.39, 0.29) is 5.38 Å². The summed E-state index contributed by atoms with van der Waals surface area (Å²) in [6.07, 6.45) is 0.920. The minimum absolute atomic E-state index is 0.172. The predicted molar refractivity (Wildman–Crippen MR) is 79.0 cm³/mol. The molecule has 2 aromatic rings. The molecule has 4 heteroatoms. The van der Waals surface area contributed by atoms with E-state index >= 15 is 0 Å². The highest BCUT2D eigenvalue weighted by Gasteiger charge is 2.15. The van der Waals surface area contributed by atoms with Gasteiger partial charge in [0.1, 0.15) is 0 Å². The van der Waals surface area contributed by atoms with Crippen LogP contribution in [0.15, 0.2) is 35.7 Å². The SMILES string of the molecule is COCCc1ccc(C(Cl)c2sccc2Cl)cc1. The van der Waals surface area contributed by atoms with E-state index in [4.69, 9.17) is 27.9 Å². The maximum atomic E-state index is 6.44. The largest absolute Gasteiger partial charge is 0.384 e. The van der Waals surface area contributed by atoms with Crippen LogP contribution in [0.5, 0.6) is 0 Å². The van der Waals surface area contributed by atoms with Crippen molar-refractivity contribution in [1.82, 2.24) is 0 Å². The summed E-state index contributed by atoms with van der Waals surface area (Å²) >= 11 is 14.1. The molecular weight excluding hydrogens is 287 g/mol. The van der Waals surface area contributed by atoms with Gasteiger partial charge in [-0.15, -0.1) is 22.9 Å². The fraction of sp³-hybridized carbons (Fsp3) is 0.286. The number of halogens is 2. The van der Waals surface area contributed by atoms with Crippen LogP contribution in [0.3, 0.4) is 0 Å². The zero-order valence-corrected chi connectivity index (χ0v) is 12.4. The normalized spacial score (nSPS) is 12.6. The standard InChI is InChI=1S/C14H14Cl2OS/c1-17-8-6-10-2-4-11(5-3-10)13(16)14-12(15)7-9-18-14/h2-5,7,9,13H,6,8H2,1H3. The highest BCUT2D eigenvalue weighted by molar-refractivity contribution is 7.11. The van der Waals surface area contributed by atoms with Gasteiger partial charge in [0.2, 0.25) is 0 Å². The number of alkyl halides is 1. The summed E-state index contributed by atoms with van der Waals surface area (Å²) in [6, 6.07) is 10.2. The Morgan fingerprint density at radius 1 is 1.22 bits per heavy atom. The summed E-state index contributed by atoms with van der Waals surface area (Å²) in [6.45, 7) is 0.737. The second-order valence-electron chi connectivity index (χ2n) is 3.98. The first-order valence-corrected chi connectivity index (χ1v) is 7.36. The fourth-order valence-corrected chi connectivity index (χ4v) is 3.35. The molecule has 1 aromatic heterocycles. The molecule has 1 heterocycles. The van der Waals surface area contributed by atoms with E-state index in [0.29, 0.717) is 0 Å². The molecule has 0 saturated heterocycles. The monoisotopic (exact) mass is 300 g/mol. The molecule has 0 saturated carbocycles. The molecule has 1 aromatic carbocycles. The van der Waals surface area contributed by atoms with Crippen molar-refractivity contribution >= 4 is 34.5 Å². The first-order valence-electron chi connectivity index (χ1n) is 5.67. The van der Waals surface area contributed by atoms with Gasteiger partial charge >= 0.3 is 0 Å². The van der Waals surface area contributed by atoms with Crippen molar-refractivity contribution in [2.45, 2.75) is 11.8 Å². The predicted octanol–water partition coefficient (Wildman–Crippen LogP) is 4.92. The van der Waals surface area contributed by atoms with Gasteiger partial charge in [0, 0.05) is 12.0 Å². The molecule has 18 heavy (non-hydrogen) atoms. The van der Waals surface area contributed by atoms with Crippen LogP contribution in [-0.2, 0) is 11.2 Å². The highest BCUT2D eigenvalue weighted by Crippen LogP contribution is 2.37. The summed E-state index contributed by atoms with van der Waals surface area (Å²) in [4.78, 5) is 1.00. The van der Waals surface area contributed by atoms with Crippen LogP contribution in [0.4, 0.5) is 0 Å². The Labute approximate surface area is 121 Å². The molecule has 0 aliphatic rings. The molecule has 0 bridgehead atoms. The third-order valence-electron chi connectivity index (χ3n) is 2.74. The van der Waals surface area contributed by atoms with Crippen LogP contribution >= 0.6 is 34.5 Å². The average molecular weight is 301 g/mol. The fourth-order valence-electron chi connectivity index (χ4n) is 1.71. The number of rotatable bonds is 5. The van der Waals surface area contributed by atoms with Crippen molar-refractivity contribution in [2.24, 2.45) is 0 Å². The Morgan fingerprint density at radius 2 is 1.94 bits per heavy atom. The van der Waals surface area contributed by atoms with Crippen LogP contribution in [0.2, 0.25) is 5.02 Å². The lowest BCUT2D eigenvalue weighted by molar-refractivity contribution is 0.202. The van der Waals surface area contributed by atoms with Gasteiger partial charge in [-0.05, 0) is 29.0 Å². The maximum absolute atomic E-state index is 6.44. The van der Waals surface area contributed by atoms with Gasteiger partial charge in [-0.2, -0.15) is 0 Å². The van der Waals surface area contributed by atoms with Gasteiger partial charge in [0.15, 0.2) is 0 Å². The lowest BCUT2D eigenvalue weighted by Gasteiger charge is -2.09. The van der Waals surface area contributed by atoms with Crippen LogP contribution in [0.1, 0.15) is 21.4 Å². The van der Waals surface area contributed by atoms with Crippen molar-refractivity contribution < 1.29 is 4.74 Å². The molecule has 0 aliphatic carbocycles. The number of methoxy groups -OCH3 is 1. The molecular formula is C14H14Cl2OS. The number of benzene rings is 1. The summed E-state index contributed by atoms with van der Waals surface area (Å²) < 4.78 is 5.06. The molecule has 2 rings (SSSR count). The van der Waals surface area contributed by atoms with E-state index in [1.807, 2.05) is 11.4 Å². The summed E-state index contributed by atoms with van der Waals surface area (Å²) in [5, 5.41) is 2.53. The number of hydrogen-bond donors (Lipinski definition) is 0. The minimum Gasteiger partial charge on any atom is -0.384 e. The third kappa shape index (κ3) is 3.27. The molecule has 0 N–H and O–H groups in total. The van der Waals surface area contributed by atoms with Crippen molar-refractivity contribution in [2.75, 3.05) is 13.7 Å². The lowest BCUT2D eigenvalue weighted by Crippen LogP contribution is -1.96. The summed E-state index contributed by atoms with van der Waals surface area (Å²) in [5.41, 5.74) is 2.32. The van der Waals surface area contributed by atoms with Crippen LogP contribution in [0.25, 0.3) is 0 Å². The van der Waals surface area contributed by atoms with Crippen molar-refractivity contribution in [3.05, 3.63) is 56.7 Å². The third-order valence-corrected chi connectivity index (χ3v) is 4.77. The van der Waals surface area contributed by atoms with E-state index in [9.17, 15) is 0 Å². The second-order valence-corrected chi connectivity index (χ2v) is 5.77. The van der Waals surface area contributed by atoms with Crippen LogP contribution in [-0.4, -0.2) is 13.7 Å². The molecule has 0 fully saturated rings. The first kappa shape index (κ1) is 13.9. The maximum Gasteiger partial charge on any atom is 0.0942 e. The molecule has 96 valence electrons. The van der Waals surface area contributed by atoms with E-state index in [2.05, 4.69) is 24.3 Å². The van der Waals surface area contributed by atoms with E-state index in [0.717, 1.165) is 28.5 Å². The Balaban J connectivity index is 2.12. The Morgan fingerprint density at radius 3 is 2.50 bits per heavy atom. The Bertz CT molecular complexity index is 493. The van der Waals surface area contributed by atoms with Gasteiger partial charge in [-0.3, -0.25) is 0 Å². The van der Waals surface area contributed by atoms with Crippen LogP contribution < -0.4 is 0 Å². The van der Waals surface area contributed by atoms with E-state index in [1.54, 1.807) is 18.4 Å². The molecule has 0 aliphatic heterocycles. The summed E-state index contributed by atoms with van der Waals surface area (Å²) in [7, 11) is 1.71. The van der Waals surface area contributed by atoms with Gasteiger partial charge in [-0.1, -0.05) is 35.9 Å². The van der Waals surface area contributed by atoms with Gasteiger partial charge in [0.25, 0.3) is 0 Å². The molecule has 0 amide bonds. The van der Waals surface area contributed by atoms with Gasteiger partial charge < -0.3 is 4.74 Å². The summed E-state index contributed by atoms with van der Waals surface area (Å²) in [5.74, 6) is 0. The highest BCUT2D eigenvalue weighted by atomic mass is 35.5. The van der Waals surface area contributed by atoms with E-state index < -0.39 is 0 Å². The quantitative estimate of drug-likeness (QED) is 0.712. The van der Waals surface area contributed by atoms with Crippen molar-refractivity contribution in [3.8, 4) is 0 Å². The number of ether oxygens (including phenoxy) is 1. The first-order chi connectivity index (χ1) is 8.72. The van der Waals surface area contributed by atoms with E-state index in [1.165, 1.54) is 5.56 Å². The minimum atomic E-state index is -0.172. The average Bonchev–Trinajstić information content (AvgIpc) is 2.82. The second kappa shape index (κ2) is 6.58. The molecule has 0 spiro atoms. The Kier molecular flexibility index (Phi) is 5.07. The van der Waals surface area contributed by atoms with Crippen molar-refractivity contribution in [1.29, 1.82) is 0 Å². The number of hydrogen-bond acceptors (Lipinski definition) is 2. The molecule has 1 atom stereocenters. The molecule has 1 unspecified atom stereocenters. The van der Waals surface area contributed by atoms with Crippen LogP contribution in [0, 0.1) is 0 Å². The Hall–Kier alpha value is -0.540. The zero-order chi connectivity index (χ0) is 13.0. The lowest BCUT2D eigenvalue weighted by atomic mass is 10.1. The smallest absolute Gasteiger partial charge is 0.0942 e. The molecule has 0 radical (unpaired) electrons. The number of thiophene rings is 1. The van der Waals surface area contributed by atoms with Crippen molar-refractivity contribution in [3.63, 3.8) is 0 Å². The topological polar surface area (TPSA) is 9.23 Å². The van der Waals surface area contributed by atoms with Gasteiger partial charge in [0.05, 0.1) is 17.0 Å². The zero-order valence-electron chi connectivity index (χ0n) is 10.0. The van der Waals surface area contributed by atoms with Gasteiger partial charge in [-0.25, -0.2) is 0 Å².